The van der Waals surface area contributed by atoms with Gasteiger partial charge in [-0.1, -0.05) is 24.3 Å². The summed E-state index contributed by atoms with van der Waals surface area (Å²) in [5, 5.41) is 0. The van der Waals surface area contributed by atoms with E-state index in [0.717, 1.165) is 28.3 Å². The van der Waals surface area contributed by atoms with Gasteiger partial charge in [0.2, 0.25) is 0 Å². The molecule has 0 bridgehead atoms. The Hall–Kier alpha value is -3.14. The van der Waals surface area contributed by atoms with Crippen molar-refractivity contribution in [2.75, 3.05) is 12.8 Å². The molecule has 3 rings (SSSR count). The Morgan fingerprint density at radius 1 is 1.04 bits per heavy atom. The summed E-state index contributed by atoms with van der Waals surface area (Å²) in [7, 11) is 1.64. The molecular formula is C19H17N3O. The van der Waals surface area contributed by atoms with Crippen molar-refractivity contribution in [3.63, 3.8) is 0 Å². The summed E-state index contributed by atoms with van der Waals surface area (Å²) in [6.07, 6.45) is 3.52. The molecule has 0 saturated carbocycles. The molecule has 3 aromatic rings. The average molecular weight is 303 g/mol. The highest BCUT2D eigenvalue weighted by atomic mass is 16.5. The largest absolute Gasteiger partial charge is 0.496 e. The molecule has 2 aromatic carbocycles. The molecule has 4 nitrogen and oxygen atoms in total. The second-order valence-electron chi connectivity index (χ2n) is 4.99. The molecule has 1 heterocycles. The zero-order valence-corrected chi connectivity index (χ0v) is 12.8. The Morgan fingerprint density at radius 3 is 2.61 bits per heavy atom. The quantitative estimate of drug-likeness (QED) is 0.583. The molecule has 114 valence electrons. The topological polar surface area (TPSA) is 60.5 Å². The number of methoxy groups -OCH3 is 1. The number of benzene rings is 2. The van der Waals surface area contributed by atoms with Gasteiger partial charge in [-0.05, 0) is 30.3 Å². The fourth-order valence-corrected chi connectivity index (χ4v) is 2.27. The second kappa shape index (κ2) is 6.75. The van der Waals surface area contributed by atoms with Crippen molar-refractivity contribution in [3.05, 3.63) is 72.4 Å². The minimum Gasteiger partial charge on any atom is -0.496 e. The maximum atomic E-state index is 5.92. The van der Waals surface area contributed by atoms with E-state index in [2.05, 4.69) is 9.98 Å². The number of hydrogen-bond acceptors (Lipinski definition) is 4. The van der Waals surface area contributed by atoms with E-state index >= 15 is 0 Å². The molecule has 0 fully saturated rings. The summed E-state index contributed by atoms with van der Waals surface area (Å²) < 4.78 is 5.48. The first kappa shape index (κ1) is 14.8. The minimum atomic E-state index is 0.702. The van der Waals surface area contributed by atoms with Gasteiger partial charge in [0.05, 0.1) is 18.5 Å². The lowest BCUT2D eigenvalue weighted by Gasteiger charge is -2.08. The maximum absolute atomic E-state index is 5.92. The molecule has 0 aliphatic heterocycles. The van der Waals surface area contributed by atoms with Gasteiger partial charge in [-0.25, -0.2) is 0 Å². The number of aromatic nitrogens is 1. The number of nitrogens with two attached hydrogens (primary N) is 1. The smallest absolute Gasteiger partial charge is 0.130 e. The van der Waals surface area contributed by atoms with Crippen LogP contribution in [0.15, 0.2) is 71.9 Å². The molecule has 0 amide bonds. The van der Waals surface area contributed by atoms with Crippen LogP contribution < -0.4 is 10.5 Å². The monoisotopic (exact) mass is 303 g/mol. The van der Waals surface area contributed by atoms with Crippen molar-refractivity contribution in [1.82, 2.24) is 4.98 Å². The molecule has 0 atom stereocenters. The minimum absolute atomic E-state index is 0.702. The van der Waals surface area contributed by atoms with Crippen molar-refractivity contribution >= 4 is 17.6 Å². The third-order valence-corrected chi connectivity index (χ3v) is 3.47. The Morgan fingerprint density at radius 2 is 1.87 bits per heavy atom. The van der Waals surface area contributed by atoms with E-state index in [1.807, 2.05) is 60.7 Å². The standard InChI is InChI=1S/C19H17N3O/c1-23-19-12-15(22-13-14-6-2-3-7-17(14)20)9-10-16(19)18-8-4-5-11-21-18/h2-13H,20H2,1H3. The molecule has 1 aromatic heterocycles. The van der Waals surface area contributed by atoms with Gasteiger partial charge in [0.15, 0.2) is 0 Å². The third kappa shape index (κ3) is 3.37. The van der Waals surface area contributed by atoms with E-state index in [1.165, 1.54) is 0 Å². The van der Waals surface area contributed by atoms with Crippen LogP contribution in [0.2, 0.25) is 0 Å². The van der Waals surface area contributed by atoms with E-state index in [4.69, 9.17) is 10.5 Å². The lowest BCUT2D eigenvalue weighted by molar-refractivity contribution is 0.416. The number of nitrogens with zero attached hydrogens (tertiary/aromatic N) is 2. The first-order valence-corrected chi connectivity index (χ1v) is 7.26. The Kier molecular flexibility index (Phi) is 4.34. The zero-order chi connectivity index (χ0) is 16.1. The molecule has 0 radical (unpaired) electrons. The van der Waals surface area contributed by atoms with Crippen molar-refractivity contribution in [2.45, 2.75) is 0 Å². The highest BCUT2D eigenvalue weighted by Crippen LogP contribution is 2.32. The van der Waals surface area contributed by atoms with Crippen LogP contribution in [0.3, 0.4) is 0 Å². The second-order valence-corrected chi connectivity index (χ2v) is 4.99. The van der Waals surface area contributed by atoms with Crippen LogP contribution in [0, 0.1) is 0 Å². The van der Waals surface area contributed by atoms with Gasteiger partial charge in [0, 0.05) is 35.3 Å². The number of nitrogen functional groups attached to an aromatic ring is 1. The average Bonchev–Trinajstić information content (AvgIpc) is 2.61. The highest BCUT2D eigenvalue weighted by molar-refractivity contribution is 5.88. The highest BCUT2D eigenvalue weighted by Gasteiger charge is 2.07. The van der Waals surface area contributed by atoms with Gasteiger partial charge in [-0.2, -0.15) is 0 Å². The molecule has 0 aliphatic carbocycles. The van der Waals surface area contributed by atoms with Crippen LogP contribution in [-0.2, 0) is 0 Å². The lowest BCUT2D eigenvalue weighted by Crippen LogP contribution is -1.92. The van der Waals surface area contributed by atoms with Crippen LogP contribution in [0.1, 0.15) is 5.56 Å². The van der Waals surface area contributed by atoms with Gasteiger partial charge in [0.1, 0.15) is 5.75 Å². The van der Waals surface area contributed by atoms with Crippen LogP contribution in [0.5, 0.6) is 5.75 Å². The van der Waals surface area contributed by atoms with Crippen molar-refractivity contribution in [2.24, 2.45) is 4.99 Å². The number of aliphatic imine (C=N–C) groups is 1. The molecular weight excluding hydrogens is 286 g/mol. The van der Waals surface area contributed by atoms with Crippen molar-refractivity contribution < 1.29 is 4.74 Å². The summed E-state index contributed by atoms with van der Waals surface area (Å²) >= 11 is 0. The number of ether oxygens (including phenoxy) is 1. The van der Waals surface area contributed by atoms with Crippen molar-refractivity contribution in [3.8, 4) is 17.0 Å². The molecule has 0 unspecified atom stereocenters. The summed E-state index contributed by atoms with van der Waals surface area (Å²) in [6, 6.07) is 19.2. The fraction of sp³-hybridized carbons (Fsp3) is 0.0526. The summed E-state index contributed by atoms with van der Waals surface area (Å²) in [5.41, 5.74) is 10.1. The number of rotatable bonds is 4. The van der Waals surface area contributed by atoms with Crippen LogP contribution in [0.4, 0.5) is 11.4 Å². The summed E-state index contributed by atoms with van der Waals surface area (Å²) in [5.74, 6) is 0.736. The zero-order valence-electron chi connectivity index (χ0n) is 12.8. The number of hydrogen-bond donors (Lipinski definition) is 1. The molecule has 0 aliphatic rings. The normalized spacial score (nSPS) is 10.8. The Balaban J connectivity index is 1.92. The molecule has 4 heteroatoms. The molecule has 0 saturated heterocycles. The Labute approximate surface area is 135 Å². The van der Waals surface area contributed by atoms with Crippen LogP contribution in [-0.4, -0.2) is 18.3 Å². The van der Waals surface area contributed by atoms with Crippen LogP contribution >= 0.6 is 0 Å². The number of para-hydroxylation sites is 1. The van der Waals surface area contributed by atoms with E-state index in [1.54, 1.807) is 19.5 Å². The predicted molar refractivity (Wildman–Crippen MR) is 94.3 cm³/mol. The van der Waals surface area contributed by atoms with E-state index < -0.39 is 0 Å². The van der Waals surface area contributed by atoms with E-state index in [0.29, 0.717) is 5.69 Å². The Bertz CT molecular complexity index is 829. The van der Waals surface area contributed by atoms with Gasteiger partial charge in [0.25, 0.3) is 0 Å². The number of anilines is 1. The first-order chi connectivity index (χ1) is 11.3. The molecule has 0 spiro atoms. The van der Waals surface area contributed by atoms with Gasteiger partial charge >= 0.3 is 0 Å². The maximum Gasteiger partial charge on any atom is 0.130 e. The lowest BCUT2D eigenvalue weighted by atomic mass is 10.1. The SMILES string of the molecule is COc1cc(N=Cc2ccccc2N)ccc1-c1ccccn1. The van der Waals surface area contributed by atoms with Crippen LogP contribution in [0.25, 0.3) is 11.3 Å². The van der Waals surface area contributed by atoms with Gasteiger partial charge < -0.3 is 10.5 Å². The fourth-order valence-electron chi connectivity index (χ4n) is 2.27. The van der Waals surface area contributed by atoms with E-state index in [-0.39, 0.29) is 0 Å². The first-order valence-electron chi connectivity index (χ1n) is 7.26. The van der Waals surface area contributed by atoms with Gasteiger partial charge in [-0.15, -0.1) is 0 Å². The summed E-state index contributed by atoms with van der Waals surface area (Å²) in [4.78, 5) is 8.83. The molecule has 2 N–H and O–H groups in total. The summed E-state index contributed by atoms with van der Waals surface area (Å²) in [6.45, 7) is 0. The predicted octanol–water partition coefficient (Wildman–Crippen LogP) is 4.09. The van der Waals surface area contributed by atoms with Crippen molar-refractivity contribution in [1.29, 1.82) is 0 Å². The van der Waals surface area contributed by atoms with Gasteiger partial charge in [-0.3, -0.25) is 9.98 Å². The third-order valence-electron chi connectivity index (χ3n) is 3.47. The number of pyridine rings is 1. The van der Waals surface area contributed by atoms with E-state index in [9.17, 15) is 0 Å². The molecule has 23 heavy (non-hydrogen) atoms.